The van der Waals surface area contributed by atoms with E-state index in [9.17, 15) is 4.79 Å². The number of nitrogens with zero attached hydrogens (tertiary/aromatic N) is 3. The standard InChI is InChI=1S/C16H20N4O2/c1-11(12-4-3-7-17-10-12)19-16(21)13-6-9-22-15(13)14-5-8-18-20(14)2/h3-5,7-8,10-11,13,15H,6,9H2,1-2H3,(H,19,21)/t11-,13-,15-/m1/s1. The molecule has 1 saturated heterocycles. The Balaban J connectivity index is 1.70. The lowest BCUT2D eigenvalue weighted by atomic mass is 9.97. The van der Waals surface area contributed by atoms with Crippen molar-refractivity contribution >= 4 is 5.91 Å². The summed E-state index contributed by atoms with van der Waals surface area (Å²) in [5, 5.41) is 7.22. The fraction of sp³-hybridized carbons (Fsp3) is 0.438. The normalized spacial score (nSPS) is 22.5. The number of hydrogen-bond acceptors (Lipinski definition) is 4. The van der Waals surface area contributed by atoms with Crippen LogP contribution in [-0.2, 0) is 16.6 Å². The van der Waals surface area contributed by atoms with E-state index in [0.717, 1.165) is 17.7 Å². The summed E-state index contributed by atoms with van der Waals surface area (Å²) >= 11 is 0. The molecule has 0 aromatic carbocycles. The first-order valence-electron chi connectivity index (χ1n) is 7.46. The topological polar surface area (TPSA) is 69.0 Å². The number of carbonyl (C=O) groups is 1. The Labute approximate surface area is 129 Å². The summed E-state index contributed by atoms with van der Waals surface area (Å²) < 4.78 is 7.53. The van der Waals surface area contributed by atoms with Gasteiger partial charge in [-0.05, 0) is 31.0 Å². The fourth-order valence-electron chi connectivity index (χ4n) is 2.85. The quantitative estimate of drug-likeness (QED) is 0.934. The zero-order valence-corrected chi connectivity index (χ0v) is 12.8. The van der Waals surface area contributed by atoms with Crippen LogP contribution < -0.4 is 5.32 Å². The second-order valence-corrected chi connectivity index (χ2v) is 5.58. The van der Waals surface area contributed by atoms with Crippen LogP contribution in [0.25, 0.3) is 0 Å². The molecule has 2 aromatic rings. The Hall–Kier alpha value is -2.21. The maximum atomic E-state index is 12.6. The van der Waals surface area contributed by atoms with Crippen molar-refractivity contribution in [1.29, 1.82) is 0 Å². The van der Waals surface area contributed by atoms with Gasteiger partial charge in [-0.25, -0.2) is 0 Å². The molecule has 1 aliphatic rings. The number of aromatic nitrogens is 3. The highest BCUT2D eigenvalue weighted by atomic mass is 16.5. The van der Waals surface area contributed by atoms with Crippen LogP contribution in [0.2, 0.25) is 0 Å². The number of aryl methyl sites for hydroxylation is 1. The van der Waals surface area contributed by atoms with Crippen LogP contribution in [0.15, 0.2) is 36.8 Å². The molecule has 6 heteroatoms. The molecule has 0 unspecified atom stereocenters. The zero-order valence-electron chi connectivity index (χ0n) is 12.8. The van der Waals surface area contributed by atoms with Gasteiger partial charge in [0.05, 0.1) is 17.7 Å². The van der Waals surface area contributed by atoms with Crippen LogP contribution in [0.5, 0.6) is 0 Å². The molecule has 0 radical (unpaired) electrons. The average Bonchev–Trinajstić information content (AvgIpc) is 3.16. The van der Waals surface area contributed by atoms with Gasteiger partial charge in [-0.2, -0.15) is 5.10 Å². The van der Waals surface area contributed by atoms with E-state index in [1.165, 1.54) is 0 Å². The van der Waals surface area contributed by atoms with Crippen molar-refractivity contribution < 1.29 is 9.53 Å². The molecule has 6 nitrogen and oxygen atoms in total. The summed E-state index contributed by atoms with van der Waals surface area (Å²) in [5.41, 5.74) is 1.93. The van der Waals surface area contributed by atoms with Gasteiger partial charge in [0.15, 0.2) is 0 Å². The van der Waals surface area contributed by atoms with Crippen LogP contribution in [0.3, 0.4) is 0 Å². The van der Waals surface area contributed by atoms with E-state index in [2.05, 4.69) is 15.4 Å². The molecule has 0 bridgehead atoms. The largest absolute Gasteiger partial charge is 0.371 e. The number of carbonyl (C=O) groups excluding carboxylic acids is 1. The monoisotopic (exact) mass is 300 g/mol. The first-order valence-corrected chi connectivity index (χ1v) is 7.46. The lowest BCUT2D eigenvalue weighted by Crippen LogP contribution is -2.34. The van der Waals surface area contributed by atoms with Gasteiger partial charge in [-0.15, -0.1) is 0 Å². The van der Waals surface area contributed by atoms with Crippen LogP contribution in [0.1, 0.15) is 36.7 Å². The second kappa shape index (κ2) is 6.27. The number of hydrogen-bond donors (Lipinski definition) is 1. The van der Waals surface area contributed by atoms with Crippen LogP contribution in [0, 0.1) is 5.92 Å². The summed E-state index contributed by atoms with van der Waals surface area (Å²) in [6.07, 6.45) is 5.72. The highest BCUT2D eigenvalue weighted by molar-refractivity contribution is 5.80. The lowest BCUT2D eigenvalue weighted by molar-refractivity contribution is -0.127. The summed E-state index contributed by atoms with van der Waals surface area (Å²) in [5.74, 6) is -0.172. The van der Waals surface area contributed by atoms with Crippen LogP contribution >= 0.6 is 0 Å². The van der Waals surface area contributed by atoms with Crippen molar-refractivity contribution in [3.05, 3.63) is 48.0 Å². The molecule has 1 fully saturated rings. The lowest BCUT2D eigenvalue weighted by Gasteiger charge is -2.21. The van der Waals surface area contributed by atoms with Crippen molar-refractivity contribution in [3.63, 3.8) is 0 Å². The van der Waals surface area contributed by atoms with Gasteiger partial charge in [0.1, 0.15) is 6.10 Å². The smallest absolute Gasteiger partial charge is 0.226 e. The number of ether oxygens (including phenoxy) is 1. The van der Waals surface area contributed by atoms with E-state index in [1.54, 1.807) is 23.3 Å². The van der Waals surface area contributed by atoms with Gasteiger partial charge in [0, 0.05) is 32.2 Å². The van der Waals surface area contributed by atoms with E-state index in [-0.39, 0.29) is 24.0 Å². The molecule has 2 aromatic heterocycles. The molecule has 1 amide bonds. The number of rotatable bonds is 4. The summed E-state index contributed by atoms with van der Waals surface area (Å²) in [4.78, 5) is 16.7. The van der Waals surface area contributed by atoms with Gasteiger partial charge >= 0.3 is 0 Å². The number of amides is 1. The first kappa shape index (κ1) is 14.7. The van der Waals surface area contributed by atoms with Gasteiger partial charge < -0.3 is 10.1 Å². The highest BCUT2D eigenvalue weighted by Crippen LogP contribution is 2.34. The van der Waals surface area contributed by atoms with Crippen molar-refractivity contribution in [2.24, 2.45) is 13.0 Å². The molecule has 3 heterocycles. The van der Waals surface area contributed by atoms with Crippen molar-refractivity contribution in [3.8, 4) is 0 Å². The minimum atomic E-state index is -0.228. The predicted molar refractivity (Wildman–Crippen MR) is 80.8 cm³/mol. The van der Waals surface area contributed by atoms with Gasteiger partial charge in [-0.1, -0.05) is 6.07 Å². The zero-order chi connectivity index (χ0) is 15.5. The maximum absolute atomic E-state index is 12.6. The molecule has 1 aliphatic heterocycles. The third-order valence-electron chi connectivity index (χ3n) is 4.12. The highest BCUT2D eigenvalue weighted by Gasteiger charge is 2.37. The van der Waals surface area contributed by atoms with Crippen molar-refractivity contribution in [2.75, 3.05) is 6.61 Å². The molecule has 0 saturated carbocycles. The second-order valence-electron chi connectivity index (χ2n) is 5.58. The summed E-state index contributed by atoms with van der Waals surface area (Å²) in [7, 11) is 1.87. The third kappa shape index (κ3) is 2.87. The molecule has 116 valence electrons. The molecule has 1 N–H and O–H groups in total. The summed E-state index contributed by atoms with van der Waals surface area (Å²) in [6.45, 7) is 2.55. The first-order chi connectivity index (χ1) is 10.7. The molecular formula is C16H20N4O2. The van der Waals surface area contributed by atoms with Crippen LogP contribution in [0.4, 0.5) is 0 Å². The number of pyridine rings is 1. The molecule has 0 aliphatic carbocycles. The Bertz CT molecular complexity index is 641. The van der Waals surface area contributed by atoms with E-state index < -0.39 is 0 Å². The van der Waals surface area contributed by atoms with Gasteiger partial charge in [0.2, 0.25) is 5.91 Å². The molecule has 22 heavy (non-hydrogen) atoms. The molecular weight excluding hydrogens is 280 g/mol. The molecule has 0 spiro atoms. The Morgan fingerprint density at radius 2 is 2.32 bits per heavy atom. The molecule has 3 atom stereocenters. The van der Waals surface area contributed by atoms with E-state index >= 15 is 0 Å². The van der Waals surface area contributed by atoms with Crippen molar-refractivity contribution in [1.82, 2.24) is 20.1 Å². The SMILES string of the molecule is C[C@@H](NC(=O)[C@@H]1CCO[C@H]1c1ccnn1C)c1cccnc1. The number of nitrogens with one attached hydrogen (secondary N) is 1. The van der Waals surface area contributed by atoms with E-state index in [1.807, 2.05) is 32.2 Å². The Morgan fingerprint density at radius 3 is 3.00 bits per heavy atom. The van der Waals surface area contributed by atoms with Gasteiger partial charge in [0.25, 0.3) is 0 Å². The third-order valence-corrected chi connectivity index (χ3v) is 4.12. The minimum absolute atomic E-state index is 0.0139. The minimum Gasteiger partial charge on any atom is -0.371 e. The maximum Gasteiger partial charge on any atom is 0.226 e. The molecule has 3 rings (SSSR count). The fourth-order valence-corrected chi connectivity index (χ4v) is 2.85. The van der Waals surface area contributed by atoms with E-state index in [4.69, 9.17) is 4.74 Å². The predicted octanol–water partition coefficient (Wildman–Crippen LogP) is 1.77. The van der Waals surface area contributed by atoms with E-state index in [0.29, 0.717) is 6.61 Å². The van der Waals surface area contributed by atoms with Crippen LogP contribution in [-0.4, -0.2) is 27.3 Å². The Kier molecular flexibility index (Phi) is 4.20. The Morgan fingerprint density at radius 1 is 1.45 bits per heavy atom. The van der Waals surface area contributed by atoms with Crippen molar-refractivity contribution in [2.45, 2.75) is 25.5 Å². The average molecular weight is 300 g/mol. The summed E-state index contributed by atoms with van der Waals surface area (Å²) in [6, 6.07) is 5.66. The van der Waals surface area contributed by atoms with Gasteiger partial charge in [-0.3, -0.25) is 14.5 Å².